The number of benzene rings is 1. The smallest absolute Gasteiger partial charge is 0.319 e. The maximum Gasteiger partial charge on any atom is 0.319 e. The van der Waals surface area contributed by atoms with Crippen LogP contribution in [-0.4, -0.2) is 26.2 Å². The summed E-state index contributed by atoms with van der Waals surface area (Å²) in [5.41, 5.74) is 0.780. The van der Waals surface area contributed by atoms with Gasteiger partial charge in [0.25, 0.3) is 0 Å². The summed E-state index contributed by atoms with van der Waals surface area (Å²) in [5, 5.41) is 11.9. The van der Waals surface area contributed by atoms with Crippen molar-refractivity contribution in [3.8, 4) is 11.8 Å². The predicted molar refractivity (Wildman–Crippen MR) is 66.0 cm³/mol. The zero-order chi connectivity index (χ0) is 13.4. The van der Waals surface area contributed by atoms with E-state index in [0.29, 0.717) is 6.61 Å². The molecule has 1 N–H and O–H groups in total. The number of carbonyl (C=O) groups is 1. The molecule has 96 valence electrons. The van der Waals surface area contributed by atoms with E-state index in [4.69, 9.17) is 14.7 Å². The Labute approximate surface area is 106 Å². The lowest BCUT2D eigenvalue weighted by atomic mass is 10.1. The van der Waals surface area contributed by atoms with E-state index in [9.17, 15) is 4.79 Å². The number of hydrogen-bond acceptors (Lipinski definition) is 5. The second kappa shape index (κ2) is 7.30. The number of methoxy groups -OCH3 is 1. The molecule has 1 atom stereocenters. The summed E-state index contributed by atoms with van der Waals surface area (Å²) < 4.78 is 9.81. The summed E-state index contributed by atoms with van der Waals surface area (Å²) in [6.45, 7) is 2.08. The van der Waals surface area contributed by atoms with Crippen LogP contribution in [0.3, 0.4) is 0 Å². The van der Waals surface area contributed by atoms with Crippen LogP contribution in [0.25, 0.3) is 0 Å². The van der Waals surface area contributed by atoms with Crippen molar-refractivity contribution in [2.45, 2.75) is 13.0 Å². The molecule has 1 aromatic carbocycles. The Bertz CT molecular complexity index is 423. The number of nitriles is 1. The molecule has 1 rings (SSSR count). The van der Waals surface area contributed by atoms with Crippen molar-refractivity contribution in [2.24, 2.45) is 0 Å². The Hall–Kier alpha value is -2.06. The van der Waals surface area contributed by atoms with Crippen LogP contribution in [-0.2, 0) is 9.53 Å². The number of carbonyl (C=O) groups excluding carboxylic acids is 1. The number of nitrogens with zero attached hydrogens (tertiary/aromatic N) is 1. The predicted octanol–water partition coefficient (Wildman–Crippen LogP) is 1.41. The summed E-state index contributed by atoms with van der Waals surface area (Å²) in [4.78, 5) is 11.2. The van der Waals surface area contributed by atoms with E-state index in [1.807, 2.05) is 0 Å². The fourth-order valence-electron chi connectivity index (χ4n) is 1.43. The first-order valence-corrected chi connectivity index (χ1v) is 5.63. The van der Waals surface area contributed by atoms with Gasteiger partial charge in [-0.2, -0.15) is 5.26 Å². The highest BCUT2D eigenvalue weighted by Gasteiger charge is 2.12. The summed E-state index contributed by atoms with van der Waals surface area (Å²) in [6, 6.07) is 8.66. The van der Waals surface area contributed by atoms with Gasteiger partial charge in [-0.3, -0.25) is 10.1 Å². The van der Waals surface area contributed by atoms with Gasteiger partial charge in [-0.05, 0) is 24.6 Å². The molecule has 5 heteroatoms. The third-order valence-corrected chi connectivity index (χ3v) is 2.33. The normalized spacial score (nSPS) is 11.4. The molecular formula is C13H16N2O3. The lowest BCUT2D eigenvalue weighted by molar-refractivity contribution is -0.142. The Morgan fingerprint density at radius 1 is 1.44 bits per heavy atom. The Morgan fingerprint density at radius 3 is 2.61 bits per heavy atom. The molecule has 0 aliphatic heterocycles. The lowest BCUT2D eigenvalue weighted by Gasteiger charge is -2.11. The van der Waals surface area contributed by atoms with E-state index in [1.54, 1.807) is 38.3 Å². The largest absolute Gasteiger partial charge is 0.497 e. The van der Waals surface area contributed by atoms with Crippen LogP contribution in [0.15, 0.2) is 24.3 Å². The molecule has 0 amide bonds. The van der Waals surface area contributed by atoms with Gasteiger partial charge in [0.05, 0.1) is 26.3 Å². The number of rotatable bonds is 6. The zero-order valence-corrected chi connectivity index (χ0v) is 10.5. The van der Waals surface area contributed by atoms with Gasteiger partial charge in [0.1, 0.15) is 11.8 Å². The maximum absolute atomic E-state index is 11.2. The molecule has 0 heterocycles. The van der Waals surface area contributed by atoms with Gasteiger partial charge in [0.2, 0.25) is 0 Å². The summed E-state index contributed by atoms with van der Waals surface area (Å²) in [7, 11) is 1.58. The standard InChI is InChI=1S/C13H16N2O3/c1-3-18-13(16)9-15-12(8-14)10-4-6-11(17-2)7-5-10/h4-7,12,15H,3,9H2,1-2H3/t12-/m1/s1. The number of nitrogens with one attached hydrogen (secondary N) is 1. The van der Waals surface area contributed by atoms with Gasteiger partial charge in [-0.25, -0.2) is 0 Å². The van der Waals surface area contributed by atoms with Crippen molar-refractivity contribution < 1.29 is 14.3 Å². The van der Waals surface area contributed by atoms with Crippen molar-refractivity contribution in [2.75, 3.05) is 20.3 Å². The Balaban J connectivity index is 2.60. The highest BCUT2D eigenvalue weighted by Crippen LogP contribution is 2.16. The monoisotopic (exact) mass is 248 g/mol. The van der Waals surface area contributed by atoms with Crippen molar-refractivity contribution in [1.82, 2.24) is 5.32 Å². The molecule has 0 saturated heterocycles. The van der Waals surface area contributed by atoms with Crippen molar-refractivity contribution in [3.05, 3.63) is 29.8 Å². The Morgan fingerprint density at radius 2 is 2.11 bits per heavy atom. The minimum Gasteiger partial charge on any atom is -0.497 e. The molecule has 18 heavy (non-hydrogen) atoms. The molecule has 0 saturated carbocycles. The molecule has 5 nitrogen and oxygen atoms in total. The third kappa shape index (κ3) is 4.07. The van der Waals surface area contributed by atoms with E-state index in [1.165, 1.54) is 0 Å². The fraction of sp³-hybridized carbons (Fsp3) is 0.385. The number of ether oxygens (including phenoxy) is 2. The van der Waals surface area contributed by atoms with Gasteiger partial charge in [-0.1, -0.05) is 12.1 Å². The summed E-state index contributed by atoms with van der Waals surface area (Å²) >= 11 is 0. The van der Waals surface area contributed by atoms with E-state index < -0.39 is 6.04 Å². The first-order valence-electron chi connectivity index (χ1n) is 5.63. The van der Waals surface area contributed by atoms with Crippen LogP contribution in [0.5, 0.6) is 5.75 Å². The molecule has 0 unspecified atom stereocenters. The van der Waals surface area contributed by atoms with E-state index >= 15 is 0 Å². The number of esters is 1. The minimum atomic E-state index is -0.541. The molecule has 0 fully saturated rings. The van der Waals surface area contributed by atoms with E-state index in [-0.39, 0.29) is 12.5 Å². The molecule has 0 spiro atoms. The van der Waals surface area contributed by atoms with Crippen LogP contribution in [0, 0.1) is 11.3 Å². The van der Waals surface area contributed by atoms with Gasteiger partial charge in [0, 0.05) is 0 Å². The quantitative estimate of drug-likeness (QED) is 0.771. The van der Waals surface area contributed by atoms with Crippen molar-refractivity contribution in [3.63, 3.8) is 0 Å². The average Bonchev–Trinajstić information content (AvgIpc) is 2.40. The molecule has 0 bridgehead atoms. The maximum atomic E-state index is 11.2. The SMILES string of the molecule is CCOC(=O)CN[C@H](C#N)c1ccc(OC)cc1. The van der Waals surface area contributed by atoms with Crippen molar-refractivity contribution >= 4 is 5.97 Å². The number of hydrogen-bond donors (Lipinski definition) is 1. The molecule has 0 aromatic heterocycles. The molecule has 1 aromatic rings. The van der Waals surface area contributed by atoms with E-state index in [0.717, 1.165) is 11.3 Å². The second-order valence-electron chi connectivity index (χ2n) is 3.52. The highest BCUT2D eigenvalue weighted by atomic mass is 16.5. The van der Waals surface area contributed by atoms with Crippen molar-refractivity contribution in [1.29, 1.82) is 5.26 Å². The topological polar surface area (TPSA) is 71.3 Å². The Kier molecular flexibility index (Phi) is 5.68. The lowest BCUT2D eigenvalue weighted by Crippen LogP contribution is -2.28. The molecule has 0 aliphatic carbocycles. The van der Waals surface area contributed by atoms with Crippen LogP contribution >= 0.6 is 0 Å². The van der Waals surface area contributed by atoms with Gasteiger partial charge in [-0.15, -0.1) is 0 Å². The van der Waals surface area contributed by atoms with Gasteiger partial charge >= 0.3 is 5.97 Å². The first kappa shape index (κ1) is 14.0. The van der Waals surface area contributed by atoms with E-state index in [2.05, 4.69) is 11.4 Å². The molecule has 0 aliphatic rings. The molecule has 0 radical (unpaired) electrons. The van der Waals surface area contributed by atoms with Crippen LogP contribution in [0.1, 0.15) is 18.5 Å². The van der Waals surface area contributed by atoms with Crippen LogP contribution in [0.4, 0.5) is 0 Å². The minimum absolute atomic E-state index is 0.0120. The molecular weight excluding hydrogens is 232 g/mol. The van der Waals surface area contributed by atoms with Gasteiger partial charge < -0.3 is 9.47 Å². The highest BCUT2D eigenvalue weighted by molar-refractivity contribution is 5.71. The van der Waals surface area contributed by atoms with Crippen LogP contribution < -0.4 is 10.1 Å². The first-order chi connectivity index (χ1) is 8.71. The van der Waals surface area contributed by atoms with Crippen LogP contribution in [0.2, 0.25) is 0 Å². The zero-order valence-electron chi connectivity index (χ0n) is 10.5. The van der Waals surface area contributed by atoms with Gasteiger partial charge in [0.15, 0.2) is 0 Å². The summed E-state index contributed by atoms with van der Waals surface area (Å²) in [5.74, 6) is 0.354. The average molecular weight is 248 g/mol. The third-order valence-electron chi connectivity index (χ3n) is 2.33. The fourth-order valence-corrected chi connectivity index (χ4v) is 1.43. The second-order valence-corrected chi connectivity index (χ2v) is 3.52. The summed E-state index contributed by atoms with van der Waals surface area (Å²) in [6.07, 6.45) is 0.